The van der Waals surface area contributed by atoms with Crippen molar-refractivity contribution in [3.05, 3.63) is 54.4 Å². The van der Waals surface area contributed by atoms with E-state index in [1.807, 2.05) is 24.5 Å². The second kappa shape index (κ2) is 7.50. The molecule has 0 unspecified atom stereocenters. The van der Waals surface area contributed by atoms with Gasteiger partial charge in [-0.15, -0.1) is 0 Å². The van der Waals surface area contributed by atoms with E-state index in [0.29, 0.717) is 5.56 Å². The summed E-state index contributed by atoms with van der Waals surface area (Å²) in [7, 11) is 0. The molecule has 1 aliphatic rings. The molecular formula is C21H24N4O2. The minimum absolute atomic E-state index is 0.0498. The van der Waals surface area contributed by atoms with Gasteiger partial charge in [0.25, 0.3) is 0 Å². The normalized spacial score (nSPS) is 15.4. The van der Waals surface area contributed by atoms with E-state index in [4.69, 9.17) is 5.11 Å². The zero-order valence-corrected chi connectivity index (χ0v) is 15.5. The van der Waals surface area contributed by atoms with Gasteiger partial charge in [0, 0.05) is 49.7 Å². The number of hydrogen-bond acceptors (Lipinski definition) is 5. The minimum Gasteiger partial charge on any atom is -0.395 e. The van der Waals surface area contributed by atoms with Crippen molar-refractivity contribution < 1.29 is 9.90 Å². The molecule has 2 heterocycles. The third-order valence-electron chi connectivity index (χ3n) is 5.22. The van der Waals surface area contributed by atoms with Crippen molar-refractivity contribution in [2.24, 2.45) is 0 Å². The number of anilines is 1. The Hall–Kier alpha value is -2.70. The number of imidazole rings is 1. The number of β-amino-alcohol motifs (C(OH)–C–C–N with tert-alkyl or cyclic N) is 1. The summed E-state index contributed by atoms with van der Waals surface area (Å²) in [6.45, 7) is 6.37. The van der Waals surface area contributed by atoms with Gasteiger partial charge in [-0.2, -0.15) is 0 Å². The average Bonchev–Trinajstić information content (AvgIpc) is 3.12. The van der Waals surface area contributed by atoms with Gasteiger partial charge < -0.3 is 10.0 Å². The van der Waals surface area contributed by atoms with E-state index >= 15 is 0 Å². The zero-order chi connectivity index (χ0) is 18.8. The first-order valence-electron chi connectivity index (χ1n) is 9.32. The molecule has 6 nitrogen and oxygen atoms in total. The molecular weight excluding hydrogens is 340 g/mol. The number of aliphatic hydroxyl groups excluding tert-OH is 1. The summed E-state index contributed by atoms with van der Waals surface area (Å²) in [5.74, 6) is 0.0498. The Morgan fingerprint density at radius 3 is 2.59 bits per heavy atom. The molecule has 0 saturated carbocycles. The molecule has 0 aliphatic carbocycles. The number of benzene rings is 2. The Morgan fingerprint density at radius 2 is 1.85 bits per heavy atom. The lowest BCUT2D eigenvalue weighted by Crippen LogP contribution is -2.47. The highest BCUT2D eigenvalue weighted by molar-refractivity contribution is 5.97. The lowest BCUT2D eigenvalue weighted by atomic mass is 10.1. The number of carbonyl (C=O) groups excluding carboxylic acids is 1. The second-order valence-corrected chi connectivity index (χ2v) is 6.95. The summed E-state index contributed by atoms with van der Waals surface area (Å²) < 4.78 is 2.06. The van der Waals surface area contributed by atoms with Crippen LogP contribution in [0.5, 0.6) is 0 Å². The Labute approximate surface area is 158 Å². The number of nitrogens with zero attached hydrogens (tertiary/aromatic N) is 4. The molecule has 140 valence electrons. The van der Waals surface area contributed by atoms with Crippen LogP contribution in [0.1, 0.15) is 17.3 Å². The molecule has 1 N–H and O–H groups in total. The van der Waals surface area contributed by atoms with Crippen LogP contribution in [0.3, 0.4) is 0 Å². The average molecular weight is 364 g/mol. The van der Waals surface area contributed by atoms with Crippen LogP contribution in [0, 0.1) is 0 Å². The SMILES string of the molecule is CC(=O)c1ccc2c(c1)ncn2-c1cccc(N2CCN(CCO)CC2)c1. The van der Waals surface area contributed by atoms with Gasteiger partial charge in [0.05, 0.1) is 17.6 Å². The van der Waals surface area contributed by atoms with Gasteiger partial charge in [0.2, 0.25) is 0 Å². The van der Waals surface area contributed by atoms with E-state index in [1.54, 1.807) is 6.92 Å². The van der Waals surface area contributed by atoms with Crippen molar-refractivity contribution in [1.82, 2.24) is 14.5 Å². The zero-order valence-electron chi connectivity index (χ0n) is 15.5. The second-order valence-electron chi connectivity index (χ2n) is 6.95. The van der Waals surface area contributed by atoms with Crippen LogP contribution in [-0.4, -0.2) is 64.7 Å². The molecule has 0 atom stereocenters. The van der Waals surface area contributed by atoms with Crippen molar-refractivity contribution in [1.29, 1.82) is 0 Å². The Bertz CT molecular complexity index is 958. The molecule has 1 saturated heterocycles. The number of Topliss-reactive ketones (excluding diaryl/α,β-unsaturated/α-hetero) is 1. The highest BCUT2D eigenvalue weighted by Gasteiger charge is 2.17. The van der Waals surface area contributed by atoms with Crippen LogP contribution in [0.4, 0.5) is 5.69 Å². The van der Waals surface area contributed by atoms with E-state index in [0.717, 1.165) is 49.4 Å². The first kappa shape index (κ1) is 17.7. The summed E-state index contributed by atoms with van der Waals surface area (Å²) in [6, 6.07) is 14.1. The van der Waals surface area contributed by atoms with E-state index in [1.165, 1.54) is 5.69 Å². The molecule has 6 heteroatoms. The molecule has 4 rings (SSSR count). The standard InChI is InChI=1S/C21H24N4O2/c1-16(27)17-5-6-21-20(13-17)22-15-25(21)19-4-2-3-18(14-19)24-9-7-23(8-10-24)11-12-26/h2-6,13-15,26H,7-12H2,1H3. The maximum Gasteiger partial charge on any atom is 0.159 e. The van der Waals surface area contributed by atoms with Crippen molar-refractivity contribution in [3.63, 3.8) is 0 Å². The lowest BCUT2D eigenvalue weighted by Gasteiger charge is -2.36. The van der Waals surface area contributed by atoms with Crippen LogP contribution < -0.4 is 4.90 Å². The van der Waals surface area contributed by atoms with E-state index in [2.05, 4.69) is 43.6 Å². The van der Waals surface area contributed by atoms with Crippen molar-refractivity contribution >= 4 is 22.5 Å². The number of piperazine rings is 1. The lowest BCUT2D eigenvalue weighted by molar-refractivity contribution is 0.101. The molecule has 0 amide bonds. The Balaban J connectivity index is 1.60. The molecule has 27 heavy (non-hydrogen) atoms. The van der Waals surface area contributed by atoms with Crippen LogP contribution in [0.15, 0.2) is 48.8 Å². The highest BCUT2D eigenvalue weighted by Crippen LogP contribution is 2.24. The summed E-state index contributed by atoms with van der Waals surface area (Å²) in [4.78, 5) is 20.7. The van der Waals surface area contributed by atoms with Gasteiger partial charge in [0.15, 0.2) is 5.78 Å². The number of rotatable bonds is 5. The topological polar surface area (TPSA) is 61.6 Å². The van der Waals surface area contributed by atoms with Gasteiger partial charge in [-0.25, -0.2) is 4.98 Å². The molecule has 1 aliphatic heterocycles. The number of ketones is 1. The first-order chi connectivity index (χ1) is 13.2. The molecule has 1 fully saturated rings. The molecule has 0 bridgehead atoms. The smallest absolute Gasteiger partial charge is 0.159 e. The number of aromatic nitrogens is 2. The predicted molar refractivity (Wildman–Crippen MR) is 107 cm³/mol. The highest BCUT2D eigenvalue weighted by atomic mass is 16.3. The number of hydrogen-bond donors (Lipinski definition) is 1. The summed E-state index contributed by atoms with van der Waals surface area (Å²) in [5.41, 5.74) is 4.75. The van der Waals surface area contributed by atoms with Gasteiger partial charge in [-0.1, -0.05) is 6.07 Å². The van der Waals surface area contributed by atoms with Gasteiger partial charge >= 0.3 is 0 Å². The largest absolute Gasteiger partial charge is 0.395 e. The fourth-order valence-electron chi connectivity index (χ4n) is 3.65. The molecule has 2 aromatic carbocycles. The first-order valence-corrected chi connectivity index (χ1v) is 9.32. The maximum atomic E-state index is 11.6. The van der Waals surface area contributed by atoms with Crippen LogP contribution >= 0.6 is 0 Å². The Morgan fingerprint density at radius 1 is 1.07 bits per heavy atom. The molecule has 1 aromatic heterocycles. The van der Waals surface area contributed by atoms with Crippen LogP contribution in [-0.2, 0) is 0 Å². The third-order valence-corrected chi connectivity index (χ3v) is 5.22. The minimum atomic E-state index is 0.0498. The monoisotopic (exact) mass is 364 g/mol. The summed E-state index contributed by atoms with van der Waals surface area (Å²) >= 11 is 0. The van der Waals surface area contributed by atoms with Crippen LogP contribution in [0.25, 0.3) is 16.7 Å². The van der Waals surface area contributed by atoms with Gasteiger partial charge in [-0.3, -0.25) is 14.3 Å². The Kier molecular flexibility index (Phi) is 4.92. The summed E-state index contributed by atoms with van der Waals surface area (Å²) in [5, 5.41) is 9.09. The predicted octanol–water partition coefficient (Wildman–Crippen LogP) is 2.34. The van der Waals surface area contributed by atoms with Gasteiger partial charge in [0.1, 0.15) is 6.33 Å². The van der Waals surface area contributed by atoms with E-state index < -0.39 is 0 Å². The molecule has 0 radical (unpaired) electrons. The molecule has 3 aromatic rings. The quantitative estimate of drug-likeness (QED) is 0.704. The van der Waals surface area contributed by atoms with Gasteiger partial charge in [-0.05, 0) is 43.3 Å². The fourth-order valence-corrected chi connectivity index (χ4v) is 3.65. The summed E-state index contributed by atoms with van der Waals surface area (Å²) in [6.07, 6.45) is 1.81. The maximum absolute atomic E-state index is 11.6. The van der Waals surface area contributed by atoms with Crippen molar-refractivity contribution in [2.45, 2.75) is 6.92 Å². The fraction of sp³-hybridized carbons (Fsp3) is 0.333. The van der Waals surface area contributed by atoms with Crippen molar-refractivity contribution in [2.75, 3.05) is 44.2 Å². The molecule has 0 spiro atoms. The van der Waals surface area contributed by atoms with Crippen molar-refractivity contribution in [3.8, 4) is 5.69 Å². The number of fused-ring (bicyclic) bond motifs is 1. The third kappa shape index (κ3) is 3.59. The number of carbonyl (C=O) groups is 1. The van der Waals surface area contributed by atoms with E-state index in [-0.39, 0.29) is 12.4 Å². The van der Waals surface area contributed by atoms with Crippen LogP contribution in [0.2, 0.25) is 0 Å². The van der Waals surface area contributed by atoms with E-state index in [9.17, 15) is 4.79 Å². The number of aliphatic hydroxyl groups is 1.